The molecular weight excluding hydrogens is 434 g/mol. The fourth-order valence-electron chi connectivity index (χ4n) is 3.66. The summed E-state index contributed by atoms with van der Waals surface area (Å²) in [4.78, 5) is 25.4. The molecule has 1 amide bonds. The largest absolute Gasteiger partial charge is 0.465 e. The molecule has 1 heterocycles. The van der Waals surface area contributed by atoms with Crippen LogP contribution in [0.5, 0.6) is 0 Å². The van der Waals surface area contributed by atoms with Crippen LogP contribution in [0.2, 0.25) is 0 Å². The molecule has 7 heteroatoms. The van der Waals surface area contributed by atoms with E-state index in [0.29, 0.717) is 27.6 Å². The van der Waals surface area contributed by atoms with Gasteiger partial charge < -0.3 is 20.7 Å². The van der Waals surface area contributed by atoms with Gasteiger partial charge in [-0.1, -0.05) is 60.2 Å². The molecule has 6 nitrogen and oxygen atoms in total. The number of amides is 1. The van der Waals surface area contributed by atoms with Crippen LogP contribution in [-0.4, -0.2) is 24.1 Å². The Bertz CT molecular complexity index is 1220. The Morgan fingerprint density at radius 1 is 0.939 bits per heavy atom. The Labute approximate surface area is 197 Å². The Kier molecular flexibility index (Phi) is 6.51. The van der Waals surface area contributed by atoms with Gasteiger partial charge in [-0.25, -0.2) is 4.79 Å². The van der Waals surface area contributed by atoms with Crippen molar-refractivity contribution in [2.45, 2.75) is 13.0 Å². The van der Waals surface area contributed by atoms with Gasteiger partial charge in [0, 0.05) is 5.69 Å². The molecular formula is C26H23N3O3S. The molecule has 3 N–H and O–H groups in total. The van der Waals surface area contributed by atoms with Crippen LogP contribution in [0.3, 0.4) is 0 Å². The molecule has 0 aliphatic carbocycles. The van der Waals surface area contributed by atoms with Crippen LogP contribution < -0.4 is 16.0 Å². The lowest BCUT2D eigenvalue weighted by Crippen LogP contribution is -2.45. The van der Waals surface area contributed by atoms with Gasteiger partial charge in [-0.2, -0.15) is 0 Å². The quantitative estimate of drug-likeness (QED) is 0.391. The van der Waals surface area contributed by atoms with E-state index < -0.39 is 12.0 Å². The van der Waals surface area contributed by atoms with Crippen molar-refractivity contribution in [3.05, 3.63) is 107 Å². The van der Waals surface area contributed by atoms with Crippen LogP contribution in [0.15, 0.2) is 84.4 Å². The van der Waals surface area contributed by atoms with Gasteiger partial charge >= 0.3 is 5.97 Å². The van der Waals surface area contributed by atoms with Crippen molar-refractivity contribution in [3.8, 4) is 0 Å². The van der Waals surface area contributed by atoms with Gasteiger partial charge in [0.25, 0.3) is 5.91 Å². The highest BCUT2D eigenvalue weighted by Crippen LogP contribution is 2.32. The maximum Gasteiger partial charge on any atom is 0.337 e. The summed E-state index contributed by atoms with van der Waals surface area (Å²) in [5.74, 6) is -0.685. The molecule has 4 rings (SSSR count). The van der Waals surface area contributed by atoms with Gasteiger partial charge in [0.1, 0.15) is 0 Å². The lowest BCUT2D eigenvalue weighted by Gasteiger charge is -2.32. The number of anilines is 1. The first kappa shape index (κ1) is 22.2. The highest BCUT2D eigenvalue weighted by atomic mass is 32.1. The van der Waals surface area contributed by atoms with E-state index in [1.165, 1.54) is 7.11 Å². The van der Waals surface area contributed by atoms with Crippen molar-refractivity contribution < 1.29 is 14.3 Å². The molecule has 0 radical (unpaired) electrons. The molecule has 0 saturated heterocycles. The molecule has 33 heavy (non-hydrogen) atoms. The number of esters is 1. The molecule has 1 aliphatic heterocycles. The van der Waals surface area contributed by atoms with E-state index >= 15 is 0 Å². The zero-order valence-electron chi connectivity index (χ0n) is 18.2. The summed E-state index contributed by atoms with van der Waals surface area (Å²) < 4.78 is 4.79. The van der Waals surface area contributed by atoms with Crippen molar-refractivity contribution in [3.63, 3.8) is 0 Å². The van der Waals surface area contributed by atoms with E-state index in [2.05, 4.69) is 16.0 Å². The topological polar surface area (TPSA) is 79.5 Å². The van der Waals surface area contributed by atoms with Crippen LogP contribution in [0.1, 0.15) is 33.1 Å². The Balaban J connectivity index is 1.79. The first-order chi connectivity index (χ1) is 16.0. The van der Waals surface area contributed by atoms with Crippen molar-refractivity contribution >= 4 is 40.6 Å². The minimum absolute atomic E-state index is 0.262. The molecule has 1 atom stereocenters. The minimum Gasteiger partial charge on any atom is -0.465 e. The Morgan fingerprint density at radius 2 is 1.61 bits per heavy atom. The Hall–Kier alpha value is -3.97. The summed E-state index contributed by atoms with van der Waals surface area (Å²) in [6.45, 7) is 1.99. The summed E-state index contributed by atoms with van der Waals surface area (Å²) >= 11 is 5.47. The maximum absolute atomic E-state index is 13.6. The van der Waals surface area contributed by atoms with Gasteiger partial charge in [-0.15, -0.1) is 0 Å². The number of rotatable bonds is 5. The second-order valence-corrected chi connectivity index (χ2v) is 8.03. The molecule has 0 bridgehead atoms. The number of carbonyl (C=O) groups excluding carboxylic acids is 2. The fraction of sp³-hybridized carbons (Fsp3) is 0.115. The van der Waals surface area contributed by atoms with Crippen molar-refractivity contribution in [2.24, 2.45) is 0 Å². The number of hydrogen-bond acceptors (Lipinski definition) is 4. The number of methoxy groups -OCH3 is 1. The van der Waals surface area contributed by atoms with Gasteiger partial charge in [0.2, 0.25) is 0 Å². The van der Waals surface area contributed by atoms with Crippen molar-refractivity contribution in [1.29, 1.82) is 0 Å². The van der Waals surface area contributed by atoms with Crippen LogP contribution in [0.25, 0.3) is 5.70 Å². The second-order valence-electron chi connectivity index (χ2n) is 7.62. The van der Waals surface area contributed by atoms with E-state index in [9.17, 15) is 9.59 Å². The average molecular weight is 458 g/mol. The summed E-state index contributed by atoms with van der Waals surface area (Å²) in [5.41, 5.74) is 4.97. The SMILES string of the molecule is COC(=O)c1ccc(C2NC(=S)NC(c3ccccc3)=C2C(=O)Nc2ccc(C)cc2)cc1. The van der Waals surface area contributed by atoms with Gasteiger partial charge in [0.15, 0.2) is 5.11 Å². The van der Waals surface area contributed by atoms with Crippen LogP contribution >= 0.6 is 12.2 Å². The summed E-state index contributed by atoms with van der Waals surface area (Å²) in [6, 6.07) is 23.6. The molecule has 0 fully saturated rings. The number of benzene rings is 3. The second kappa shape index (κ2) is 9.67. The predicted octanol–water partition coefficient (Wildman–Crippen LogP) is 4.35. The smallest absolute Gasteiger partial charge is 0.337 e. The summed E-state index contributed by atoms with van der Waals surface area (Å²) in [5, 5.41) is 9.77. The molecule has 0 aromatic heterocycles. The minimum atomic E-state index is -0.522. The third-order valence-electron chi connectivity index (χ3n) is 5.35. The summed E-state index contributed by atoms with van der Waals surface area (Å²) in [7, 11) is 1.34. The van der Waals surface area contributed by atoms with Crippen LogP contribution in [0.4, 0.5) is 5.69 Å². The Morgan fingerprint density at radius 3 is 2.24 bits per heavy atom. The molecule has 1 aliphatic rings. The third-order valence-corrected chi connectivity index (χ3v) is 5.57. The molecule has 0 spiro atoms. The number of ether oxygens (including phenoxy) is 1. The first-order valence-corrected chi connectivity index (χ1v) is 10.8. The van der Waals surface area contributed by atoms with E-state index in [4.69, 9.17) is 17.0 Å². The highest BCUT2D eigenvalue weighted by Gasteiger charge is 2.32. The van der Waals surface area contributed by atoms with E-state index in [1.807, 2.05) is 61.5 Å². The molecule has 0 saturated carbocycles. The fourth-order valence-corrected chi connectivity index (χ4v) is 3.88. The summed E-state index contributed by atoms with van der Waals surface area (Å²) in [6.07, 6.45) is 0. The zero-order chi connectivity index (χ0) is 23.4. The number of nitrogens with one attached hydrogen (secondary N) is 3. The van der Waals surface area contributed by atoms with E-state index in [-0.39, 0.29) is 5.91 Å². The zero-order valence-corrected chi connectivity index (χ0v) is 19.0. The highest BCUT2D eigenvalue weighted by molar-refractivity contribution is 7.80. The van der Waals surface area contributed by atoms with Gasteiger partial charge in [0.05, 0.1) is 30.0 Å². The average Bonchev–Trinajstić information content (AvgIpc) is 2.85. The van der Waals surface area contributed by atoms with Crippen LogP contribution in [-0.2, 0) is 9.53 Å². The van der Waals surface area contributed by atoms with Crippen LogP contribution in [0, 0.1) is 6.92 Å². The normalized spacial score (nSPS) is 15.3. The number of thiocarbonyl (C=S) groups is 1. The number of hydrogen-bond donors (Lipinski definition) is 3. The molecule has 1 unspecified atom stereocenters. The standard InChI is InChI=1S/C26H23N3O3S/c1-16-8-14-20(15-9-16)27-24(30)21-22(17-6-4-3-5-7-17)28-26(33)29-23(21)18-10-12-19(13-11-18)25(31)32-2/h3-15,23H,1-2H3,(H,27,30)(H2,28,29,33). The molecule has 3 aromatic rings. The third kappa shape index (κ3) is 4.94. The first-order valence-electron chi connectivity index (χ1n) is 10.4. The van der Waals surface area contributed by atoms with Crippen molar-refractivity contribution in [2.75, 3.05) is 12.4 Å². The monoisotopic (exact) mass is 457 g/mol. The molecule has 3 aromatic carbocycles. The van der Waals surface area contributed by atoms with E-state index in [0.717, 1.165) is 16.7 Å². The lowest BCUT2D eigenvalue weighted by molar-refractivity contribution is -0.113. The maximum atomic E-state index is 13.6. The predicted molar refractivity (Wildman–Crippen MR) is 133 cm³/mol. The molecule has 166 valence electrons. The van der Waals surface area contributed by atoms with E-state index in [1.54, 1.807) is 24.3 Å². The number of carbonyl (C=O) groups is 2. The number of aryl methyl sites for hydroxylation is 1. The lowest BCUT2D eigenvalue weighted by atomic mass is 9.91. The van der Waals surface area contributed by atoms with Gasteiger partial charge in [-0.05, 0) is 54.5 Å². The van der Waals surface area contributed by atoms with Crippen molar-refractivity contribution in [1.82, 2.24) is 10.6 Å². The van der Waals surface area contributed by atoms with Gasteiger partial charge in [-0.3, -0.25) is 4.79 Å².